The lowest BCUT2D eigenvalue weighted by Gasteiger charge is -2.14. The summed E-state index contributed by atoms with van der Waals surface area (Å²) in [5.74, 6) is -0.269. The number of hydrogen-bond acceptors (Lipinski definition) is 3. The molecule has 3 nitrogen and oxygen atoms in total. The lowest BCUT2D eigenvalue weighted by Crippen LogP contribution is -2.28. The highest BCUT2D eigenvalue weighted by Crippen LogP contribution is 2.22. The number of carbonyl (C=O) groups excluding carboxylic acids is 1. The number of halogens is 1. The van der Waals surface area contributed by atoms with Crippen molar-refractivity contribution in [1.82, 2.24) is 5.32 Å². The van der Waals surface area contributed by atoms with Crippen molar-refractivity contribution in [1.29, 1.82) is 0 Å². The molecule has 0 saturated carbocycles. The van der Waals surface area contributed by atoms with Crippen molar-refractivity contribution in [3.63, 3.8) is 0 Å². The summed E-state index contributed by atoms with van der Waals surface area (Å²) >= 11 is 1.26. The van der Waals surface area contributed by atoms with Crippen LogP contribution in [0.15, 0.2) is 53.4 Å². The summed E-state index contributed by atoms with van der Waals surface area (Å²) in [6.45, 7) is 1.93. The van der Waals surface area contributed by atoms with Gasteiger partial charge in [0.2, 0.25) is 5.91 Å². The van der Waals surface area contributed by atoms with Crippen LogP contribution in [-0.2, 0) is 4.79 Å². The van der Waals surface area contributed by atoms with Crippen molar-refractivity contribution >= 4 is 23.4 Å². The summed E-state index contributed by atoms with van der Waals surface area (Å²) in [5, 5.41) is 2.91. The third kappa shape index (κ3) is 4.79. The molecule has 0 bridgehead atoms. The number of carbonyl (C=O) groups is 1. The molecular weight excluding hydrogens is 287 g/mol. The van der Waals surface area contributed by atoms with Gasteiger partial charge in [-0.3, -0.25) is 4.79 Å². The van der Waals surface area contributed by atoms with Crippen LogP contribution in [0.1, 0.15) is 18.5 Å². The molecule has 3 N–H and O–H groups in total. The molecule has 0 radical (unpaired) electrons. The number of nitrogen functional groups attached to an aromatic ring is 1. The molecule has 0 aliphatic carbocycles. The number of benzene rings is 2. The average Bonchev–Trinajstić information content (AvgIpc) is 2.45. The van der Waals surface area contributed by atoms with Crippen LogP contribution in [0.5, 0.6) is 0 Å². The molecule has 0 saturated heterocycles. The Balaban J connectivity index is 1.87. The standard InChI is InChI=1S/C16H17FN2OS/c1-11(12-5-3-2-4-6-12)19-16(20)10-21-15-8-13(17)7-14(18)9-15/h2-9,11H,10,18H2,1H3,(H,19,20). The number of nitrogens with two attached hydrogens (primary N) is 1. The number of thioether (sulfide) groups is 1. The molecule has 21 heavy (non-hydrogen) atoms. The number of amides is 1. The van der Waals surface area contributed by atoms with E-state index < -0.39 is 5.82 Å². The normalized spacial score (nSPS) is 11.9. The van der Waals surface area contributed by atoms with Crippen molar-refractivity contribution in [2.75, 3.05) is 11.5 Å². The van der Waals surface area contributed by atoms with Gasteiger partial charge in [0.15, 0.2) is 0 Å². The maximum absolute atomic E-state index is 13.2. The highest BCUT2D eigenvalue weighted by molar-refractivity contribution is 8.00. The zero-order valence-electron chi connectivity index (χ0n) is 11.7. The van der Waals surface area contributed by atoms with Crippen molar-refractivity contribution in [3.05, 3.63) is 59.9 Å². The van der Waals surface area contributed by atoms with E-state index in [2.05, 4.69) is 5.32 Å². The molecule has 0 aliphatic rings. The highest BCUT2D eigenvalue weighted by atomic mass is 32.2. The van der Waals surface area contributed by atoms with Gasteiger partial charge in [0, 0.05) is 10.6 Å². The Morgan fingerprint density at radius 1 is 1.29 bits per heavy atom. The predicted octanol–water partition coefficient (Wildman–Crippen LogP) is 3.38. The molecule has 0 aromatic heterocycles. The lowest BCUT2D eigenvalue weighted by molar-refractivity contribution is -0.119. The van der Waals surface area contributed by atoms with E-state index in [9.17, 15) is 9.18 Å². The van der Waals surface area contributed by atoms with E-state index >= 15 is 0 Å². The Kier molecular flexibility index (Phi) is 5.22. The maximum atomic E-state index is 13.2. The van der Waals surface area contributed by atoms with Gasteiger partial charge in [-0.05, 0) is 30.7 Å². The molecule has 1 unspecified atom stereocenters. The second-order valence-corrected chi connectivity index (χ2v) is 5.76. The highest BCUT2D eigenvalue weighted by Gasteiger charge is 2.10. The Hall–Kier alpha value is -2.01. The first-order chi connectivity index (χ1) is 10.0. The van der Waals surface area contributed by atoms with Gasteiger partial charge >= 0.3 is 0 Å². The summed E-state index contributed by atoms with van der Waals surface area (Å²) in [6, 6.07) is 13.9. The number of anilines is 1. The van der Waals surface area contributed by atoms with Crippen LogP contribution < -0.4 is 11.1 Å². The van der Waals surface area contributed by atoms with Crippen molar-refractivity contribution in [3.8, 4) is 0 Å². The minimum atomic E-state index is -0.393. The van der Waals surface area contributed by atoms with Crippen LogP contribution in [0.3, 0.4) is 0 Å². The van der Waals surface area contributed by atoms with Gasteiger partial charge < -0.3 is 11.1 Å². The fraction of sp³-hybridized carbons (Fsp3) is 0.188. The van der Waals surface area contributed by atoms with E-state index in [4.69, 9.17) is 5.73 Å². The fourth-order valence-corrected chi connectivity index (χ4v) is 2.72. The second kappa shape index (κ2) is 7.13. The third-order valence-electron chi connectivity index (χ3n) is 2.94. The van der Waals surface area contributed by atoms with Gasteiger partial charge in [-0.1, -0.05) is 30.3 Å². The summed E-state index contributed by atoms with van der Waals surface area (Å²) in [4.78, 5) is 12.6. The quantitative estimate of drug-likeness (QED) is 0.658. The van der Waals surface area contributed by atoms with Crippen LogP contribution in [0.4, 0.5) is 10.1 Å². The van der Waals surface area contributed by atoms with Gasteiger partial charge in [-0.15, -0.1) is 11.8 Å². The predicted molar refractivity (Wildman–Crippen MR) is 84.5 cm³/mol. The van der Waals surface area contributed by atoms with Gasteiger partial charge in [0.1, 0.15) is 5.82 Å². The number of nitrogens with one attached hydrogen (secondary N) is 1. The molecule has 0 aliphatic heterocycles. The van der Waals surface area contributed by atoms with E-state index in [-0.39, 0.29) is 17.7 Å². The van der Waals surface area contributed by atoms with E-state index in [0.717, 1.165) is 5.56 Å². The molecule has 2 aromatic carbocycles. The molecule has 0 fully saturated rings. The molecule has 1 atom stereocenters. The van der Waals surface area contributed by atoms with E-state index in [1.165, 1.54) is 23.9 Å². The third-order valence-corrected chi connectivity index (χ3v) is 3.92. The van der Waals surface area contributed by atoms with Crippen LogP contribution >= 0.6 is 11.8 Å². The zero-order chi connectivity index (χ0) is 15.2. The second-order valence-electron chi connectivity index (χ2n) is 4.71. The maximum Gasteiger partial charge on any atom is 0.230 e. The average molecular weight is 304 g/mol. The van der Waals surface area contributed by atoms with Crippen molar-refractivity contribution < 1.29 is 9.18 Å². The SMILES string of the molecule is CC(NC(=O)CSc1cc(N)cc(F)c1)c1ccccc1. The van der Waals surface area contributed by atoms with Crippen LogP contribution in [0.25, 0.3) is 0 Å². The van der Waals surface area contributed by atoms with E-state index in [1.54, 1.807) is 6.07 Å². The lowest BCUT2D eigenvalue weighted by atomic mass is 10.1. The molecular formula is C16H17FN2OS. The molecule has 0 heterocycles. The fourth-order valence-electron chi connectivity index (χ4n) is 1.92. The van der Waals surface area contributed by atoms with Crippen molar-refractivity contribution in [2.24, 2.45) is 0 Å². The smallest absolute Gasteiger partial charge is 0.230 e. The molecule has 0 spiro atoms. The van der Waals surface area contributed by atoms with Crippen LogP contribution in [0, 0.1) is 5.82 Å². The first kappa shape index (κ1) is 15.4. The van der Waals surface area contributed by atoms with Crippen LogP contribution in [-0.4, -0.2) is 11.7 Å². The largest absolute Gasteiger partial charge is 0.399 e. The monoisotopic (exact) mass is 304 g/mol. The number of rotatable bonds is 5. The molecule has 110 valence electrons. The minimum absolute atomic E-state index is 0.0584. The van der Waals surface area contributed by atoms with Gasteiger partial charge in [-0.25, -0.2) is 4.39 Å². The molecule has 2 aromatic rings. The topological polar surface area (TPSA) is 55.1 Å². The Bertz CT molecular complexity index is 599. The summed E-state index contributed by atoms with van der Waals surface area (Å²) < 4.78 is 13.2. The molecule has 2 rings (SSSR count). The Labute approximate surface area is 127 Å². The number of hydrogen-bond donors (Lipinski definition) is 2. The van der Waals surface area contributed by atoms with Gasteiger partial charge in [-0.2, -0.15) is 0 Å². The van der Waals surface area contributed by atoms with E-state index in [1.807, 2.05) is 37.3 Å². The first-order valence-electron chi connectivity index (χ1n) is 6.58. The summed E-state index contributed by atoms with van der Waals surface area (Å²) in [7, 11) is 0. The Morgan fingerprint density at radius 3 is 2.67 bits per heavy atom. The van der Waals surface area contributed by atoms with Crippen molar-refractivity contribution in [2.45, 2.75) is 17.9 Å². The minimum Gasteiger partial charge on any atom is -0.399 e. The van der Waals surface area contributed by atoms with Crippen LogP contribution in [0.2, 0.25) is 0 Å². The Morgan fingerprint density at radius 2 is 2.00 bits per heavy atom. The van der Waals surface area contributed by atoms with Gasteiger partial charge in [0.25, 0.3) is 0 Å². The molecule has 5 heteroatoms. The molecule has 1 amide bonds. The van der Waals surface area contributed by atoms with Gasteiger partial charge in [0.05, 0.1) is 11.8 Å². The summed E-state index contributed by atoms with van der Waals surface area (Å²) in [6.07, 6.45) is 0. The van der Waals surface area contributed by atoms with E-state index in [0.29, 0.717) is 10.6 Å². The zero-order valence-corrected chi connectivity index (χ0v) is 12.5. The first-order valence-corrected chi connectivity index (χ1v) is 7.56. The summed E-state index contributed by atoms with van der Waals surface area (Å²) in [5.41, 5.74) is 6.97.